The van der Waals surface area contributed by atoms with Crippen molar-refractivity contribution in [3.8, 4) is 0 Å². The van der Waals surface area contributed by atoms with E-state index in [0.717, 1.165) is 21.6 Å². The molecule has 0 aliphatic rings. The number of benzene rings is 1. The lowest BCUT2D eigenvalue weighted by molar-refractivity contribution is 0.0982. The lowest BCUT2D eigenvalue weighted by atomic mass is 10.1. The molecule has 112 valence electrons. The fraction of sp³-hybridized carbons (Fsp3) is 0.357. The second kappa shape index (κ2) is 7.51. The number of thioether (sulfide) groups is 1. The van der Waals surface area contributed by atoms with Crippen LogP contribution in [0, 0.1) is 5.82 Å². The molecule has 0 radical (unpaired) electrons. The minimum Gasteiger partial charge on any atom is -0.353 e. The summed E-state index contributed by atoms with van der Waals surface area (Å²) in [5, 5.41) is 9.02. The van der Waals surface area contributed by atoms with Gasteiger partial charge in [0.15, 0.2) is 10.1 Å². The van der Waals surface area contributed by atoms with Gasteiger partial charge >= 0.3 is 0 Å². The van der Waals surface area contributed by atoms with Crippen LogP contribution < -0.4 is 4.90 Å². The van der Waals surface area contributed by atoms with Crippen LogP contribution in [0.4, 0.5) is 9.52 Å². The van der Waals surface area contributed by atoms with Gasteiger partial charge in [-0.3, -0.25) is 4.79 Å². The van der Waals surface area contributed by atoms with Crippen LogP contribution in [0.2, 0.25) is 0 Å². The summed E-state index contributed by atoms with van der Waals surface area (Å²) in [6.07, 6.45) is 1.22. The standard InChI is InChI=1S/C14H16FN3OS2/c1-18(2)13-16-17-14(21-13)20-9-3-4-12(19)10-5-7-11(15)8-6-10/h5-8H,3-4,9H2,1-2H3. The predicted molar refractivity (Wildman–Crippen MR) is 84.9 cm³/mol. The Labute approximate surface area is 131 Å². The van der Waals surface area contributed by atoms with Crippen LogP contribution in [0.25, 0.3) is 0 Å². The number of hydrogen-bond acceptors (Lipinski definition) is 6. The number of aromatic nitrogens is 2. The molecule has 0 fully saturated rings. The molecule has 0 aliphatic heterocycles. The Bertz CT molecular complexity index is 599. The highest BCUT2D eigenvalue weighted by atomic mass is 32.2. The van der Waals surface area contributed by atoms with Gasteiger partial charge in [-0.05, 0) is 30.7 Å². The summed E-state index contributed by atoms with van der Waals surface area (Å²) in [6.45, 7) is 0. The Morgan fingerprint density at radius 3 is 2.62 bits per heavy atom. The highest BCUT2D eigenvalue weighted by Gasteiger charge is 2.08. The van der Waals surface area contributed by atoms with Crippen LogP contribution in [0.15, 0.2) is 28.6 Å². The SMILES string of the molecule is CN(C)c1nnc(SCCCC(=O)c2ccc(F)cc2)s1. The molecule has 2 rings (SSSR count). The third-order valence-corrected chi connectivity index (χ3v) is 5.03. The first kappa shape index (κ1) is 15.9. The number of rotatable bonds is 7. The molecule has 1 aromatic carbocycles. The first-order valence-electron chi connectivity index (χ1n) is 6.48. The lowest BCUT2D eigenvalue weighted by Crippen LogP contribution is -2.07. The summed E-state index contributed by atoms with van der Waals surface area (Å²) < 4.78 is 13.7. The molecule has 4 nitrogen and oxygen atoms in total. The Morgan fingerprint density at radius 2 is 2.00 bits per heavy atom. The quantitative estimate of drug-likeness (QED) is 0.443. The summed E-state index contributed by atoms with van der Waals surface area (Å²) in [4.78, 5) is 13.8. The molecule has 0 atom stereocenters. The molecule has 21 heavy (non-hydrogen) atoms. The number of carbonyl (C=O) groups excluding carboxylic acids is 1. The second-order valence-corrected chi connectivity index (χ2v) is 6.93. The van der Waals surface area contributed by atoms with Crippen LogP contribution in [0.3, 0.4) is 0 Å². The Hall–Kier alpha value is -1.47. The summed E-state index contributed by atoms with van der Waals surface area (Å²) in [7, 11) is 3.85. The van der Waals surface area contributed by atoms with Crippen molar-refractivity contribution in [2.24, 2.45) is 0 Å². The van der Waals surface area contributed by atoms with E-state index in [1.165, 1.54) is 35.6 Å². The molecule has 0 amide bonds. The Balaban J connectivity index is 1.74. The molecule has 0 aliphatic carbocycles. The van der Waals surface area contributed by atoms with Crippen LogP contribution in [0.5, 0.6) is 0 Å². The number of hydrogen-bond donors (Lipinski definition) is 0. The topological polar surface area (TPSA) is 46.1 Å². The van der Waals surface area contributed by atoms with Gasteiger partial charge in [0.05, 0.1) is 0 Å². The largest absolute Gasteiger partial charge is 0.353 e. The molecule has 0 unspecified atom stereocenters. The van der Waals surface area contributed by atoms with Gasteiger partial charge in [-0.25, -0.2) is 4.39 Å². The van der Waals surface area contributed by atoms with Crippen molar-refractivity contribution in [2.75, 3.05) is 24.7 Å². The zero-order valence-electron chi connectivity index (χ0n) is 11.9. The molecule has 0 saturated carbocycles. The van der Waals surface area contributed by atoms with Crippen LogP contribution >= 0.6 is 23.1 Å². The maximum Gasteiger partial charge on any atom is 0.208 e. The van der Waals surface area contributed by atoms with Crippen molar-refractivity contribution in [1.82, 2.24) is 10.2 Å². The maximum atomic E-state index is 12.8. The summed E-state index contributed by atoms with van der Waals surface area (Å²) in [6, 6.07) is 5.68. The number of Topliss-reactive ketones (excluding diaryl/α,β-unsaturated/α-hetero) is 1. The molecule has 0 N–H and O–H groups in total. The molecule has 7 heteroatoms. The number of anilines is 1. The van der Waals surface area contributed by atoms with Gasteiger partial charge in [-0.15, -0.1) is 10.2 Å². The van der Waals surface area contributed by atoms with Crippen molar-refractivity contribution in [1.29, 1.82) is 0 Å². The van der Waals surface area contributed by atoms with Gasteiger partial charge in [0, 0.05) is 31.8 Å². The molecule has 1 aromatic heterocycles. The van der Waals surface area contributed by atoms with Gasteiger partial charge in [-0.2, -0.15) is 0 Å². The van der Waals surface area contributed by atoms with E-state index in [1.807, 2.05) is 19.0 Å². The smallest absolute Gasteiger partial charge is 0.208 e. The van der Waals surface area contributed by atoms with Crippen molar-refractivity contribution in [3.05, 3.63) is 35.6 Å². The van der Waals surface area contributed by atoms with E-state index in [4.69, 9.17) is 0 Å². The molecular weight excluding hydrogens is 309 g/mol. The van der Waals surface area contributed by atoms with Gasteiger partial charge in [0.1, 0.15) is 5.82 Å². The predicted octanol–water partition coefficient (Wildman–Crippen LogP) is 3.50. The molecule has 0 spiro atoms. The zero-order chi connectivity index (χ0) is 15.2. The normalized spacial score (nSPS) is 10.6. The number of nitrogens with zero attached hydrogens (tertiary/aromatic N) is 3. The van der Waals surface area contributed by atoms with Crippen molar-refractivity contribution < 1.29 is 9.18 Å². The van der Waals surface area contributed by atoms with Crippen LogP contribution in [-0.2, 0) is 0 Å². The third kappa shape index (κ3) is 4.78. The monoisotopic (exact) mass is 325 g/mol. The average molecular weight is 325 g/mol. The second-order valence-electron chi connectivity index (χ2n) is 4.63. The summed E-state index contributed by atoms with van der Waals surface area (Å²) in [5.74, 6) is 0.534. The van der Waals surface area contributed by atoms with E-state index in [2.05, 4.69) is 10.2 Å². The van der Waals surface area contributed by atoms with Crippen molar-refractivity contribution in [3.63, 3.8) is 0 Å². The minimum absolute atomic E-state index is 0.0434. The van der Waals surface area contributed by atoms with E-state index in [0.29, 0.717) is 12.0 Å². The van der Waals surface area contributed by atoms with Gasteiger partial charge in [-0.1, -0.05) is 23.1 Å². The molecular formula is C14H16FN3OS2. The summed E-state index contributed by atoms with van der Waals surface area (Å²) in [5.41, 5.74) is 0.562. The summed E-state index contributed by atoms with van der Waals surface area (Å²) >= 11 is 3.14. The Kier molecular flexibility index (Phi) is 5.69. The van der Waals surface area contributed by atoms with Crippen LogP contribution in [-0.4, -0.2) is 35.8 Å². The molecule has 0 bridgehead atoms. The third-order valence-electron chi connectivity index (χ3n) is 2.72. The van der Waals surface area contributed by atoms with E-state index >= 15 is 0 Å². The number of halogens is 1. The zero-order valence-corrected chi connectivity index (χ0v) is 13.5. The highest BCUT2D eigenvalue weighted by Crippen LogP contribution is 2.27. The first-order valence-corrected chi connectivity index (χ1v) is 8.29. The minimum atomic E-state index is -0.324. The number of ketones is 1. The van der Waals surface area contributed by atoms with Gasteiger partial charge < -0.3 is 4.90 Å². The average Bonchev–Trinajstić information content (AvgIpc) is 2.93. The van der Waals surface area contributed by atoms with Gasteiger partial charge in [0.2, 0.25) is 5.13 Å². The van der Waals surface area contributed by atoms with Gasteiger partial charge in [0.25, 0.3) is 0 Å². The molecule has 0 saturated heterocycles. The first-order chi connectivity index (χ1) is 10.1. The van der Waals surface area contributed by atoms with Crippen molar-refractivity contribution in [2.45, 2.75) is 17.2 Å². The van der Waals surface area contributed by atoms with Crippen LogP contribution in [0.1, 0.15) is 23.2 Å². The van der Waals surface area contributed by atoms with Crippen molar-refractivity contribution >= 4 is 34.0 Å². The molecule has 1 heterocycles. The fourth-order valence-electron chi connectivity index (χ4n) is 1.61. The highest BCUT2D eigenvalue weighted by molar-refractivity contribution is 8.01. The van der Waals surface area contributed by atoms with E-state index in [9.17, 15) is 9.18 Å². The Morgan fingerprint density at radius 1 is 1.29 bits per heavy atom. The van der Waals surface area contributed by atoms with E-state index in [1.54, 1.807) is 11.8 Å². The molecule has 2 aromatic rings. The lowest BCUT2D eigenvalue weighted by Gasteiger charge is -2.03. The fourth-order valence-corrected chi connectivity index (χ4v) is 3.39. The maximum absolute atomic E-state index is 12.8. The van der Waals surface area contributed by atoms with E-state index in [-0.39, 0.29) is 11.6 Å². The van der Waals surface area contributed by atoms with E-state index < -0.39 is 0 Å². The number of carbonyl (C=O) groups is 1.